The molecule has 0 saturated carbocycles. The lowest BCUT2D eigenvalue weighted by atomic mass is 10.0. The molecule has 10 nitrogen and oxygen atoms in total. The second kappa shape index (κ2) is 10.8. The van der Waals surface area contributed by atoms with Gasteiger partial charge in [-0.2, -0.15) is 10.2 Å². The van der Waals surface area contributed by atoms with E-state index in [0.717, 1.165) is 16.7 Å². The number of aliphatic carboxylic acids is 1. The summed E-state index contributed by atoms with van der Waals surface area (Å²) < 4.78 is 28.8. The van der Waals surface area contributed by atoms with Crippen LogP contribution in [0, 0.1) is 0 Å². The summed E-state index contributed by atoms with van der Waals surface area (Å²) in [5.41, 5.74) is 3.18. The molecule has 0 aliphatic carbocycles. The third-order valence-corrected chi connectivity index (χ3v) is 6.56. The number of carboxylic acid groups (broad SMARTS) is 1. The van der Waals surface area contributed by atoms with E-state index in [1.807, 2.05) is 30.3 Å². The van der Waals surface area contributed by atoms with Gasteiger partial charge in [0.05, 0.1) is 24.1 Å². The third kappa shape index (κ3) is 6.43. The molecule has 3 N–H and O–H groups in total. The zero-order valence-corrected chi connectivity index (χ0v) is 19.3. The maximum atomic E-state index is 13.1. The van der Waals surface area contributed by atoms with Crippen LogP contribution in [0.3, 0.4) is 0 Å². The standard InChI is InChI=1S/C24H22N6O4S/c31-24(32)16-26-23-5-1-4-21(29-23)22(30-35(33,34)20-3-2-11-25-15-20)13-17-6-8-18(9-7-17)19-10-12-27-28-14-19/h1-12,14-15,22,30H,13,16H2,(H,26,29)(H,31,32). The van der Waals surface area contributed by atoms with Crippen molar-refractivity contribution < 1.29 is 18.3 Å². The number of sulfonamides is 1. The van der Waals surface area contributed by atoms with Crippen LogP contribution in [-0.2, 0) is 21.2 Å². The molecule has 1 unspecified atom stereocenters. The first-order chi connectivity index (χ1) is 16.9. The predicted octanol–water partition coefficient (Wildman–Crippen LogP) is 2.69. The molecule has 0 amide bonds. The van der Waals surface area contributed by atoms with Crippen LogP contribution in [0.2, 0.25) is 0 Å². The number of hydrogen-bond donors (Lipinski definition) is 3. The fourth-order valence-electron chi connectivity index (χ4n) is 3.41. The molecule has 1 aromatic carbocycles. The fourth-order valence-corrected chi connectivity index (χ4v) is 4.58. The Hall–Kier alpha value is -4.22. The van der Waals surface area contributed by atoms with Gasteiger partial charge in [0, 0.05) is 18.0 Å². The Morgan fingerprint density at radius 3 is 2.43 bits per heavy atom. The van der Waals surface area contributed by atoms with E-state index in [-0.39, 0.29) is 11.4 Å². The molecule has 0 aliphatic heterocycles. The molecule has 0 spiro atoms. The Balaban J connectivity index is 1.63. The Morgan fingerprint density at radius 2 is 1.74 bits per heavy atom. The maximum Gasteiger partial charge on any atom is 0.322 e. The molecule has 0 fully saturated rings. The average Bonchev–Trinajstić information content (AvgIpc) is 2.89. The summed E-state index contributed by atoms with van der Waals surface area (Å²) in [7, 11) is -3.90. The van der Waals surface area contributed by atoms with Crippen molar-refractivity contribution in [3.8, 4) is 11.1 Å². The van der Waals surface area contributed by atoms with E-state index in [1.165, 1.54) is 18.5 Å². The highest BCUT2D eigenvalue weighted by Gasteiger charge is 2.23. The van der Waals surface area contributed by atoms with E-state index in [2.05, 4.69) is 30.2 Å². The first kappa shape index (κ1) is 23.9. The Bertz CT molecular complexity index is 1380. The number of rotatable bonds is 10. The number of carbonyl (C=O) groups is 1. The molecule has 178 valence electrons. The third-order valence-electron chi connectivity index (χ3n) is 5.10. The highest BCUT2D eigenvalue weighted by molar-refractivity contribution is 7.89. The van der Waals surface area contributed by atoms with E-state index in [4.69, 9.17) is 5.11 Å². The lowest BCUT2D eigenvalue weighted by Gasteiger charge is -2.19. The van der Waals surface area contributed by atoms with Gasteiger partial charge in [-0.05, 0) is 47.9 Å². The molecule has 0 radical (unpaired) electrons. The summed E-state index contributed by atoms with van der Waals surface area (Å²) >= 11 is 0. The average molecular weight is 491 g/mol. The monoisotopic (exact) mass is 490 g/mol. The van der Waals surface area contributed by atoms with E-state index >= 15 is 0 Å². The van der Waals surface area contributed by atoms with Crippen LogP contribution in [0.5, 0.6) is 0 Å². The van der Waals surface area contributed by atoms with Crippen molar-refractivity contribution in [2.45, 2.75) is 17.4 Å². The van der Waals surface area contributed by atoms with Gasteiger partial charge in [-0.15, -0.1) is 0 Å². The van der Waals surface area contributed by atoms with E-state index < -0.39 is 22.0 Å². The molecule has 1 atom stereocenters. The van der Waals surface area contributed by atoms with Gasteiger partial charge in [0.15, 0.2) is 0 Å². The highest BCUT2D eigenvalue weighted by atomic mass is 32.2. The number of carboxylic acids is 1. The van der Waals surface area contributed by atoms with E-state index in [9.17, 15) is 13.2 Å². The van der Waals surface area contributed by atoms with Crippen molar-refractivity contribution >= 4 is 21.8 Å². The summed E-state index contributed by atoms with van der Waals surface area (Å²) in [5.74, 6) is -0.702. The van der Waals surface area contributed by atoms with Gasteiger partial charge in [-0.25, -0.2) is 18.1 Å². The van der Waals surface area contributed by atoms with Crippen LogP contribution in [-0.4, -0.2) is 46.2 Å². The van der Waals surface area contributed by atoms with Crippen molar-refractivity contribution in [1.82, 2.24) is 24.9 Å². The zero-order valence-electron chi connectivity index (χ0n) is 18.4. The summed E-state index contributed by atoms with van der Waals surface area (Å²) in [6.45, 7) is -0.312. The minimum absolute atomic E-state index is 0.0330. The number of aromatic nitrogens is 4. The minimum atomic E-state index is -3.90. The molecule has 3 heterocycles. The maximum absolute atomic E-state index is 13.1. The summed E-state index contributed by atoms with van der Waals surface area (Å²) in [6, 6.07) is 16.8. The van der Waals surface area contributed by atoms with Crippen LogP contribution < -0.4 is 10.0 Å². The quantitative estimate of drug-likeness (QED) is 0.305. The lowest BCUT2D eigenvalue weighted by molar-refractivity contribution is -0.134. The van der Waals surface area contributed by atoms with Gasteiger partial charge in [-0.3, -0.25) is 9.78 Å². The molecular formula is C24H22N6O4S. The van der Waals surface area contributed by atoms with Gasteiger partial charge >= 0.3 is 5.97 Å². The molecular weight excluding hydrogens is 468 g/mol. The van der Waals surface area contributed by atoms with Crippen molar-refractivity contribution in [2.75, 3.05) is 11.9 Å². The van der Waals surface area contributed by atoms with Gasteiger partial charge in [0.25, 0.3) is 0 Å². The number of pyridine rings is 2. The first-order valence-corrected chi connectivity index (χ1v) is 12.1. The van der Waals surface area contributed by atoms with Crippen LogP contribution >= 0.6 is 0 Å². The van der Waals surface area contributed by atoms with Crippen LogP contribution in [0.1, 0.15) is 17.3 Å². The topological polar surface area (TPSA) is 147 Å². The number of nitrogens with zero attached hydrogens (tertiary/aromatic N) is 4. The second-order valence-corrected chi connectivity index (χ2v) is 9.30. The van der Waals surface area contributed by atoms with Crippen LogP contribution in [0.15, 0.2) is 90.3 Å². The highest BCUT2D eigenvalue weighted by Crippen LogP contribution is 2.24. The number of anilines is 1. The van der Waals surface area contributed by atoms with E-state index in [0.29, 0.717) is 17.9 Å². The second-order valence-electron chi connectivity index (χ2n) is 7.59. The SMILES string of the molecule is O=C(O)CNc1cccc(C(Cc2ccc(-c3ccnnc3)cc2)NS(=O)(=O)c2cccnc2)n1. The van der Waals surface area contributed by atoms with Gasteiger partial charge in [0.2, 0.25) is 10.0 Å². The smallest absolute Gasteiger partial charge is 0.322 e. The number of nitrogens with one attached hydrogen (secondary N) is 2. The molecule has 3 aromatic heterocycles. The Morgan fingerprint density at radius 1 is 0.914 bits per heavy atom. The minimum Gasteiger partial charge on any atom is -0.480 e. The molecule has 11 heteroatoms. The summed E-state index contributed by atoms with van der Waals surface area (Å²) in [4.78, 5) is 19.3. The van der Waals surface area contributed by atoms with Gasteiger partial charge in [-0.1, -0.05) is 30.3 Å². The van der Waals surface area contributed by atoms with Crippen molar-refractivity contribution in [2.24, 2.45) is 0 Å². The fraction of sp³-hybridized carbons (Fsp3) is 0.125. The molecule has 0 saturated heterocycles. The van der Waals surface area contributed by atoms with Gasteiger partial charge < -0.3 is 10.4 Å². The van der Waals surface area contributed by atoms with Crippen LogP contribution in [0.4, 0.5) is 5.82 Å². The van der Waals surface area contributed by atoms with Crippen molar-refractivity contribution in [3.05, 3.63) is 96.7 Å². The van der Waals surface area contributed by atoms with Crippen LogP contribution in [0.25, 0.3) is 11.1 Å². The predicted molar refractivity (Wildman–Crippen MR) is 129 cm³/mol. The number of hydrogen-bond acceptors (Lipinski definition) is 8. The summed E-state index contributed by atoms with van der Waals surface area (Å²) in [6.07, 6.45) is 6.36. The Kier molecular flexibility index (Phi) is 7.38. The number of benzene rings is 1. The van der Waals surface area contributed by atoms with Crippen molar-refractivity contribution in [1.29, 1.82) is 0 Å². The first-order valence-electron chi connectivity index (χ1n) is 10.6. The van der Waals surface area contributed by atoms with E-state index in [1.54, 1.807) is 36.7 Å². The zero-order chi connectivity index (χ0) is 24.7. The Labute approximate surface area is 202 Å². The molecule has 4 rings (SSSR count). The van der Waals surface area contributed by atoms with Gasteiger partial charge in [0.1, 0.15) is 17.3 Å². The molecule has 4 aromatic rings. The normalized spacial score (nSPS) is 12.1. The van der Waals surface area contributed by atoms with Crippen molar-refractivity contribution in [3.63, 3.8) is 0 Å². The summed E-state index contributed by atoms with van der Waals surface area (Å²) in [5, 5.41) is 19.3. The lowest BCUT2D eigenvalue weighted by Crippen LogP contribution is -2.31. The largest absolute Gasteiger partial charge is 0.480 e. The molecule has 0 bridgehead atoms. The molecule has 35 heavy (non-hydrogen) atoms. The molecule has 0 aliphatic rings.